The fourth-order valence-electron chi connectivity index (χ4n) is 4.17. The maximum atomic E-state index is 12.4. The van der Waals surface area contributed by atoms with E-state index in [-0.39, 0.29) is 11.8 Å². The number of nitrogens with one attached hydrogen (secondary N) is 2. The van der Waals surface area contributed by atoms with Gasteiger partial charge in [0, 0.05) is 19.1 Å². The highest BCUT2D eigenvalue weighted by atomic mass is 32.2. The molecule has 1 saturated heterocycles. The Morgan fingerprint density at radius 3 is 2.55 bits per heavy atom. The molecule has 1 aromatic rings. The van der Waals surface area contributed by atoms with Crippen molar-refractivity contribution < 1.29 is 18.3 Å². The van der Waals surface area contributed by atoms with E-state index >= 15 is 0 Å². The van der Waals surface area contributed by atoms with E-state index in [4.69, 9.17) is 0 Å². The monoisotopic (exact) mass is 448 g/mol. The Labute approximate surface area is 182 Å². The molecule has 1 atom stereocenters. The Hall–Kier alpha value is -2.34. The molecule has 0 spiro atoms. The van der Waals surface area contributed by atoms with Crippen LogP contribution in [0.25, 0.3) is 0 Å². The minimum absolute atomic E-state index is 0.0344. The van der Waals surface area contributed by atoms with Crippen LogP contribution in [-0.4, -0.2) is 80.7 Å². The maximum Gasteiger partial charge on any atom is 0.277 e. The summed E-state index contributed by atoms with van der Waals surface area (Å²) in [5, 5.41) is 12.3. The summed E-state index contributed by atoms with van der Waals surface area (Å²) in [4.78, 5) is 25.4. The third-order valence-electron chi connectivity index (χ3n) is 5.91. The number of aliphatic hydroxyl groups excluding tert-OH is 1. The van der Waals surface area contributed by atoms with Crippen LogP contribution in [0.3, 0.4) is 0 Å². The fourth-order valence-corrected chi connectivity index (χ4v) is 5.01. The molecule has 3 N–H and O–H groups in total. The van der Waals surface area contributed by atoms with Crippen LogP contribution in [0.15, 0.2) is 22.1 Å². The highest BCUT2D eigenvalue weighted by Gasteiger charge is 2.35. The number of aliphatic imine (C=N–C) groups is 2. The molecule has 10 nitrogen and oxygen atoms in total. The van der Waals surface area contributed by atoms with Crippen LogP contribution in [0.2, 0.25) is 0 Å². The molecule has 168 valence electrons. The average Bonchev–Trinajstić information content (AvgIpc) is 2.67. The zero-order valence-corrected chi connectivity index (χ0v) is 18.7. The van der Waals surface area contributed by atoms with Crippen molar-refractivity contribution in [2.45, 2.75) is 39.1 Å². The Balaban J connectivity index is 1.53. The van der Waals surface area contributed by atoms with Crippen LogP contribution in [0.5, 0.6) is 0 Å². The molecule has 0 aliphatic carbocycles. The summed E-state index contributed by atoms with van der Waals surface area (Å²) < 4.78 is 25.6. The molecule has 0 bridgehead atoms. The number of likely N-dealkylation sites (tertiary alicyclic amines) is 1. The highest BCUT2D eigenvalue weighted by molar-refractivity contribution is 7.88. The van der Waals surface area contributed by atoms with E-state index in [9.17, 15) is 18.3 Å². The van der Waals surface area contributed by atoms with E-state index in [2.05, 4.69) is 24.9 Å². The molecule has 1 amide bonds. The van der Waals surface area contributed by atoms with Gasteiger partial charge in [0.1, 0.15) is 0 Å². The number of benzene rings is 1. The number of piperidine rings is 1. The van der Waals surface area contributed by atoms with Gasteiger partial charge in [-0.25, -0.2) is 23.1 Å². The second kappa shape index (κ2) is 8.30. The van der Waals surface area contributed by atoms with Gasteiger partial charge in [-0.2, -0.15) is 0 Å². The number of carbonyl (C=O) groups is 1. The Bertz CT molecular complexity index is 1060. The van der Waals surface area contributed by atoms with E-state index in [0.717, 1.165) is 42.7 Å². The molecule has 3 aliphatic rings. The number of amides is 1. The number of carbonyl (C=O) groups excluding carboxylic acids is 1. The van der Waals surface area contributed by atoms with Crippen LogP contribution in [0.4, 0.5) is 11.4 Å². The molecule has 1 fully saturated rings. The van der Waals surface area contributed by atoms with Gasteiger partial charge in [0.2, 0.25) is 16.4 Å². The van der Waals surface area contributed by atoms with Gasteiger partial charge in [-0.3, -0.25) is 4.79 Å². The van der Waals surface area contributed by atoms with Crippen molar-refractivity contribution in [1.82, 2.24) is 14.9 Å². The lowest BCUT2D eigenvalue weighted by molar-refractivity contribution is -0.117. The highest BCUT2D eigenvalue weighted by Crippen LogP contribution is 2.36. The first kappa shape index (κ1) is 21.9. The molecular weight excluding hydrogens is 420 g/mol. The number of nitrogens with zero attached hydrogens (tertiary/aromatic N) is 4. The smallest absolute Gasteiger partial charge is 0.277 e. The molecule has 0 aromatic heterocycles. The molecule has 11 heteroatoms. The summed E-state index contributed by atoms with van der Waals surface area (Å²) in [6.07, 6.45) is 1.38. The number of rotatable bonds is 5. The minimum Gasteiger partial charge on any atom is -0.355 e. The zero-order valence-electron chi connectivity index (χ0n) is 17.9. The summed E-state index contributed by atoms with van der Waals surface area (Å²) >= 11 is 0. The van der Waals surface area contributed by atoms with Gasteiger partial charge in [-0.1, -0.05) is 0 Å². The molecule has 3 aliphatic heterocycles. The minimum atomic E-state index is -3.20. The number of aryl methyl sites for hydroxylation is 2. The van der Waals surface area contributed by atoms with E-state index in [1.807, 2.05) is 30.9 Å². The molecule has 0 radical (unpaired) electrons. The first-order chi connectivity index (χ1) is 14.6. The SMILES string of the molecule is Cc1cc2c(cc1C)N(CCN1CCC(NS(C)(=O)=O)CC1)C1=NC(O)NC(=O)C1=N2. The van der Waals surface area contributed by atoms with Crippen molar-refractivity contribution in [3.63, 3.8) is 0 Å². The fraction of sp³-hybridized carbons (Fsp3) is 0.550. The number of anilines is 1. The Morgan fingerprint density at radius 1 is 1.19 bits per heavy atom. The van der Waals surface area contributed by atoms with Crippen molar-refractivity contribution in [3.8, 4) is 0 Å². The molecule has 3 heterocycles. The number of hydrogen-bond acceptors (Lipinski definition) is 8. The summed E-state index contributed by atoms with van der Waals surface area (Å²) in [6.45, 7) is 6.86. The van der Waals surface area contributed by atoms with Gasteiger partial charge >= 0.3 is 0 Å². The molecule has 1 unspecified atom stereocenters. The predicted octanol–water partition coefficient (Wildman–Crippen LogP) is 0.0137. The first-order valence-corrected chi connectivity index (χ1v) is 12.2. The average molecular weight is 449 g/mol. The van der Waals surface area contributed by atoms with Crippen molar-refractivity contribution >= 4 is 38.9 Å². The van der Waals surface area contributed by atoms with Crippen molar-refractivity contribution in [2.75, 3.05) is 37.3 Å². The van der Waals surface area contributed by atoms with E-state index < -0.39 is 22.3 Å². The van der Waals surface area contributed by atoms with Crippen LogP contribution in [0.1, 0.15) is 24.0 Å². The third kappa shape index (κ3) is 4.79. The second-order valence-corrected chi connectivity index (χ2v) is 10.1. The number of fused-ring (bicyclic) bond motifs is 2. The van der Waals surface area contributed by atoms with Crippen molar-refractivity contribution in [2.24, 2.45) is 9.98 Å². The maximum absolute atomic E-state index is 12.4. The molecule has 0 saturated carbocycles. The summed E-state index contributed by atoms with van der Waals surface area (Å²) in [6, 6.07) is 3.96. The largest absolute Gasteiger partial charge is 0.355 e. The second-order valence-electron chi connectivity index (χ2n) is 8.34. The van der Waals surface area contributed by atoms with Crippen LogP contribution < -0.4 is 14.9 Å². The molecule has 31 heavy (non-hydrogen) atoms. The number of aliphatic hydroxyl groups is 1. The number of amidine groups is 1. The molecule has 1 aromatic carbocycles. The van der Waals surface area contributed by atoms with Crippen LogP contribution in [-0.2, 0) is 14.8 Å². The summed E-state index contributed by atoms with van der Waals surface area (Å²) in [5.41, 5.74) is 3.97. The third-order valence-corrected chi connectivity index (χ3v) is 6.67. The lowest BCUT2D eigenvalue weighted by Crippen LogP contribution is -2.55. The van der Waals surface area contributed by atoms with Gasteiger partial charge in [-0.05, 0) is 63.0 Å². The lowest BCUT2D eigenvalue weighted by Gasteiger charge is -2.37. The topological polar surface area (TPSA) is 127 Å². The summed E-state index contributed by atoms with van der Waals surface area (Å²) in [7, 11) is -3.20. The van der Waals surface area contributed by atoms with Gasteiger partial charge in [-0.15, -0.1) is 0 Å². The predicted molar refractivity (Wildman–Crippen MR) is 119 cm³/mol. The Kier molecular flexibility index (Phi) is 5.86. The number of hydrogen-bond donors (Lipinski definition) is 3. The van der Waals surface area contributed by atoms with Gasteiger partial charge in [0.15, 0.2) is 11.5 Å². The van der Waals surface area contributed by atoms with Crippen molar-refractivity contribution in [3.05, 3.63) is 23.3 Å². The van der Waals surface area contributed by atoms with Crippen molar-refractivity contribution in [1.29, 1.82) is 0 Å². The standard InChI is InChI=1S/C20H28N6O4S/c1-12-10-15-16(11-13(12)2)26(18-17(21-15)19(27)23-20(28)22-18)9-8-25-6-4-14(5-7-25)24-31(3,29)30/h10-11,14,20,24,28H,4-9H2,1-3H3,(H,23,27). The molecule has 4 rings (SSSR count). The van der Waals surface area contributed by atoms with Gasteiger partial charge in [0.05, 0.1) is 17.6 Å². The number of sulfonamides is 1. The van der Waals surface area contributed by atoms with E-state index in [1.165, 1.54) is 6.26 Å². The molecular formula is C20H28N6O4S. The quantitative estimate of drug-likeness (QED) is 0.583. The summed E-state index contributed by atoms with van der Waals surface area (Å²) in [5.74, 6) is -0.0697. The van der Waals surface area contributed by atoms with Crippen LogP contribution in [0, 0.1) is 13.8 Å². The first-order valence-electron chi connectivity index (χ1n) is 10.3. The van der Waals surface area contributed by atoms with E-state index in [1.54, 1.807) is 0 Å². The van der Waals surface area contributed by atoms with Gasteiger partial charge in [0.25, 0.3) is 5.91 Å². The lowest BCUT2D eigenvalue weighted by atomic mass is 10.0. The zero-order chi connectivity index (χ0) is 22.3. The van der Waals surface area contributed by atoms with E-state index in [0.29, 0.717) is 24.6 Å². The normalized spacial score (nSPS) is 22.4. The van der Waals surface area contributed by atoms with Crippen LogP contribution >= 0.6 is 0 Å². The Morgan fingerprint density at radius 2 is 1.87 bits per heavy atom. The van der Waals surface area contributed by atoms with Gasteiger partial charge < -0.3 is 20.2 Å².